The molecule has 2 aromatic heterocycles. The van der Waals surface area contributed by atoms with E-state index in [9.17, 15) is 27.9 Å². The quantitative estimate of drug-likeness (QED) is 0.788. The van der Waals surface area contributed by atoms with Crippen LogP contribution in [-0.4, -0.2) is 35.6 Å². The lowest BCUT2D eigenvalue weighted by atomic mass is 9.98. The number of hydrogen-bond acceptors (Lipinski definition) is 4. The van der Waals surface area contributed by atoms with E-state index in [4.69, 9.17) is 0 Å². The molecule has 140 valence electrons. The highest BCUT2D eigenvalue weighted by atomic mass is 19.4. The van der Waals surface area contributed by atoms with Crippen molar-refractivity contribution in [1.29, 1.82) is 0 Å². The first-order chi connectivity index (χ1) is 11.5. The molecule has 1 N–H and O–H groups in total. The molecular weight excluding hydrogens is 341 g/mol. The number of rotatable bonds is 6. The van der Waals surface area contributed by atoms with Gasteiger partial charge in [-0.1, -0.05) is 0 Å². The first-order valence-electron chi connectivity index (χ1n) is 7.95. The summed E-state index contributed by atoms with van der Waals surface area (Å²) in [7, 11) is 1.49. The second kappa shape index (κ2) is 6.66. The summed E-state index contributed by atoms with van der Waals surface area (Å²) in [5, 5.41) is 9.41. The number of fused-ring (bicyclic) bond motifs is 1. The third kappa shape index (κ3) is 3.48. The maximum Gasteiger partial charge on any atom is 0.416 e. The molecule has 0 amide bonds. The van der Waals surface area contributed by atoms with Crippen LogP contribution in [0, 0.1) is 0 Å². The van der Waals surface area contributed by atoms with E-state index in [0.29, 0.717) is 13.5 Å². The zero-order valence-corrected chi connectivity index (χ0v) is 14.3. The predicted molar refractivity (Wildman–Crippen MR) is 85.4 cm³/mol. The highest BCUT2D eigenvalue weighted by Gasteiger charge is 2.48. The van der Waals surface area contributed by atoms with Crippen molar-refractivity contribution < 1.29 is 18.3 Å². The molecular formula is C15H21F3N4O3. The number of alkyl halides is 3. The highest BCUT2D eigenvalue weighted by molar-refractivity contribution is 5.69. The number of aryl methyl sites for hydroxylation is 2. The van der Waals surface area contributed by atoms with Crippen LogP contribution in [0.2, 0.25) is 0 Å². The standard InChI is InChI=1S/C15H21F3N4O3/c1-4-21-9-19-11-10(21)12(23)22(13(24)20(11)3)8-6-5-7-14(2,25)15(16,17)18/h9,25H,4-8H2,1-3H3. The van der Waals surface area contributed by atoms with Gasteiger partial charge in [0.2, 0.25) is 0 Å². The van der Waals surface area contributed by atoms with Crippen molar-refractivity contribution in [2.45, 2.75) is 58.0 Å². The maximum absolute atomic E-state index is 12.6. The van der Waals surface area contributed by atoms with Crippen molar-refractivity contribution in [3.05, 3.63) is 27.2 Å². The summed E-state index contributed by atoms with van der Waals surface area (Å²) in [6.45, 7) is 3.02. The van der Waals surface area contributed by atoms with Gasteiger partial charge in [0.25, 0.3) is 5.56 Å². The Labute approximate surface area is 141 Å². The molecule has 0 radical (unpaired) electrons. The average molecular weight is 362 g/mol. The zero-order chi connectivity index (χ0) is 19.0. The number of halogens is 3. The Morgan fingerprint density at radius 3 is 2.44 bits per heavy atom. The van der Waals surface area contributed by atoms with Gasteiger partial charge in [-0.3, -0.25) is 13.9 Å². The zero-order valence-electron chi connectivity index (χ0n) is 14.3. The Morgan fingerprint density at radius 1 is 1.24 bits per heavy atom. The lowest BCUT2D eigenvalue weighted by Gasteiger charge is -2.26. The van der Waals surface area contributed by atoms with Gasteiger partial charge in [-0.15, -0.1) is 0 Å². The largest absolute Gasteiger partial charge is 0.416 e. The Kier molecular flexibility index (Phi) is 5.12. The maximum atomic E-state index is 12.6. The Balaban J connectivity index is 2.22. The van der Waals surface area contributed by atoms with E-state index in [1.165, 1.54) is 17.9 Å². The number of hydrogen-bond donors (Lipinski definition) is 1. The van der Waals surface area contributed by atoms with E-state index in [0.717, 1.165) is 4.57 Å². The van der Waals surface area contributed by atoms with Crippen LogP contribution in [0.4, 0.5) is 13.2 Å². The van der Waals surface area contributed by atoms with E-state index in [-0.39, 0.29) is 30.6 Å². The Bertz CT molecular complexity index is 877. The van der Waals surface area contributed by atoms with Gasteiger partial charge in [0.05, 0.1) is 6.33 Å². The third-order valence-electron chi connectivity index (χ3n) is 4.35. The van der Waals surface area contributed by atoms with E-state index in [1.54, 1.807) is 4.57 Å². The van der Waals surface area contributed by atoms with Crippen molar-refractivity contribution in [2.24, 2.45) is 7.05 Å². The summed E-state index contributed by atoms with van der Waals surface area (Å²) < 4.78 is 41.7. The monoisotopic (exact) mass is 362 g/mol. The number of nitrogens with zero attached hydrogens (tertiary/aromatic N) is 4. The molecule has 0 aromatic carbocycles. The van der Waals surface area contributed by atoms with Crippen LogP contribution in [0.15, 0.2) is 15.9 Å². The second-order valence-electron chi connectivity index (χ2n) is 6.23. The van der Waals surface area contributed by atoms with Crippen LogP contribution < -0.4 is 11.2 Å². The molecule has 0 aliphatic heterocycles. The third-order valence-corrected chi connectivity index (χ3v) is 4.35. The molecule has 25 heavy (non-hydrogen) atoms. The predicted octanol–water partition coefficient (Wildman–Crippen LogP) is 1.40. The average Bonchev–Trinajstić information content (AvgIpc) is 2.95. The summed E-state index contributed by atoms with van der Waals surface area (Å²) in [5.41, 5.74) is -3.31. The van der Waals surface area contributed by atoms with Gasteiger partial charge in [0, 0.05) is 20.1 Å². The Morgan fingerprint density at radius 2 is 1.88 bits per heavy atom. The fourth-order valence-electron chi connectivity index (χ4n) is 2.64. The number of aliphatic hydroxyl groups is 1. The van der Waals surface area contributed by atoms with Gasteiger partial charge in [-0.2, -0.15) is 13.2 Å². The van der Waals surface area contributed by atoms with Crippen LogP contribution >= 0.6 is 0 Å². The molecule has 1 atom stereocenters. The van der Waals surface area contributed by atoms with Crippen molar-refractivity contribution in [3.8, 4) is 0 Å². The van der Waals surface area contributed by atoms with Crippen LogP contribution in [-0.2, 0) is 20.1 Å². The molecule has 0 saturated heterocycles. The SMILES string of the molecule is CCn1cnc2c1c(=O)n(CCCCC(C)(O)C(F)(F)F)c(=O)n2C. The van der Waals surface area contributed by atoms with Crippen LogP contribution in [0.25, 0.3) is 11.2 Å². The van der Waals surface area contributed by atoms with Crippen LogP contribution in [0.3, 0.4) is 0 Å². The minimum atomic E-state index is -4.72. The fraction of sp³-hybridized carbons (Fsp3) is 0.667. The Hall–Kier alpha value is -2.10. The van der Waals surface area contributed by atoms with E-state index >= 15 is 0 Å². The lowest BCUT2D eigenvalue weighted by Crippen LogP contribution is -2.42. The highest BCUT2D eigenvalue weighted by Crippen LogP contribution is 2.33. The van der Waals surface area contributed by atoms with Gasteiger partial charge in [0.1, 0.15) is 0 Å². The van der Waals surface area contributed by atoms with Gasteiger partial charge >= 0.3 is 11.9 Å². The van der Waals surface area contributed by atoms with Crippen molar-refractivity contribution in [1.82, 2.24) is 18.7 Å². The summed E-state index contributed by atoms with van der Waals surface area (Å²) >= 11 is 0. The summed E-state index contributed by atoms with van der Waals surface area (Å²) in [5.74, 6) is 0. The lowest BCUT2D eigenvalue weighted by molar-refractivity contribution is -0.255. The molecule has 0 bridgehead atoms. The van der Waals surface area contributed by atoms with Crippen molar-refractivity contribution >= 4 is 11.2 Å². The molecule has 0 fully saturated rings. The molecule has 7 nitrogen and oxygen atoms in total. The molecule has 10 heteroatoms. The minimum Gasteiger partial charge on any atom is -0.381 e. The molecule has 2 rings (SSSR count). The molecule has 0 spiro atoms. The smallest absolute Gasteiger partial charge is 0.381 e. The van der Waals surface area contributed by atoms with E-state index < -0.39 is 29.4 Å². The van der Waals surface area contributed by atoms with Crippen LogP contribution in [0.1, 0.15) is 33.1 Å². The van der Waals surface area contributed by atoms with Gasteiger partial charge in [0.15, 0.2) is 16.8 Å². The number of imidazole rings is 1. The summed E-state index contributed by atoms with van der Waals surface area (Å²) in [4.78, 5) is 28.9. The summed E-state index contributed by atoms with van der Waals surface area (Å²) in [6, 6.07) is 0. The molecule has 2 heterocycles. The van der Waals surface area contributed by atoms with Gasteiger partial charge in [-0.05, 0) is 33.1 Å². The second-order valence-corrected chi connectivity index (χ2v) is 6.23. The van der Waals surface area contributed by atoms with E-state index in [2.05, 4.69) is 4.98 Å². The van der Waals surface area contributed by atoms with E-state index in [1.807, 2.05) is 6.92 Å². The van der Waals surface area contributed by atoms with Crippen molar-refractivity contribution in [2.75, 3.05) is 0 Å². The summed E-state index contributed by atoms with van der Waals surface area (Å²) in [6.07, 6.45) is -3.57. The normalized spacial score (nSPS) is 14.8. The van der Waals surface area contributed by atoms with Gasteiger partial charge in [-0.25, -0.2) is 9.78 Å². The number of aromatic nitrogens is 4. The first kappa shape index (κ1) is 19.2. The topological polar surface area (TPSA) is 82.1 Å². The first-order valence-corrected chi connectivity index (χ1v) is 7.95. The fourth-order valence-corrected chi connectivity index (χ4v) is 2.64. The van der Waals surface area contributed by atoms with Gasteiger partial charge < -0.3 is 9.67 Å². The molecule has 0 aliphatic rings. The minimum absolute atomic E-state index is 0.0210. The van der Waals surface area contributed by atoms with Crippen LogP contribution in [0.5, 0.6) is 0 Å². The molecule has 0 saturated carbocycles. The molecule has 1 unspecified atom stereocenters. The van der Waals surface area contributed by atoms with Crippen molar-refractivity contribution in [3.63, 3.8) is 0 Å². The molecule has 0 aliphatic carbocycles. The molecule has 2 aromatic rings. The number of unbranched alkanes of at least 4 members (excludes halogenated alkanes) is 1.